The highest BCUT2D eigenvalue weighted by atomic mass is 32.2. The van der Waals surface area contributed by atoms with Gasteiger partial charge in [-0.25, -0.2) is 4.79 Å². The van der Waals surface area contributed by atoms with Crippen LogP contribution in [0.25, 0.3) is 0 Å². The fourth-order valence-corrected chi connectivity index (χ4v) is 3.62. The predicted octanol–water partition coefficient (Wildman–Crippen LogP) is 4.39. The Labute approximate surface area is 185 Å². The number of ether oxygens (including phenoxy) is 1. The number of carbonyl (C=O) groups is 3. The molecule has 3 aromatic rings. The summed E-state index contributed by atoms with van der Waals surface area (Å²) in [4.78, 5) is 37.3. The number of para-hydroxylation sites is 1. The first-order valence-corrected chi connectivity index (χ1v) is 10.6. The molecule has 0 aliphatic rings. The first kappa shape index (κ1) is 22.1. The smallest absolute Gasteiger partial charge is 0.339 e. The molecule has 0 saturated heterocycles. The number of anilines is 2. The molecular weight excluding hydrogens is 412 g/mol. The summed E-state index contributed by atoms with van der Waals surface area (Å²) in [6.07, 6.45) is 0.292. The van der Waals surface area contributed by atoms with Crippen LogP contribution >= 0.6 is 11.8 Å². The van der Waals surface area contributed by atoms with Crippen LogP contribution in [-0.4, -0.2) is 30.6 Å². The summed E-state index contributed by atoms with van der Waals surface area (Å²) < 4.78 is 4.74. The molecule has 0 aliphatic carbocycles. The van der Waals surface area contributed by atoms with Crippen molar-refractivity contribution >= 4 is 40.9 Å². The zero-order valence-corrected chi connectivity index (χ0v) is 17.8. The summed E-state index contributed by atoms with van der Waals surface area (Å²) in [5, 5.41) is 5.62. The van der Waals surface area contributed by atoms with Gasteiger partial charge in [0.05, 0.1) is 30.5 Å². The van der Waals surface area contributed by atoms with E-state index in [2.05, 4.69) is 10.6 Å². The van der Waals surface area contributed by atoms with E-state index in [1.807, 2.05) is 48.5 Å². The van der Waals surface area contributed by atoms with Crippen LogP contribution in [0.4, 0.5) is 11.4 Å². The van der Waals surface area contributed by atoms with Crippen molar-refractivity contribution in [1.82, 2.24) is 0 Å². The molecule has 0 saturated carbocycles. The van der Waals surface area contributed by atoms with Crippen LogP contribution in [-0.2, 0) is 20.7 Å². The standard InChI is InChI=1S/C24H22N2O4S/c1-30-24(29)20-12-5-6-13-21(20)26-23(28)16-31-19-11-7-10-18(15-19)25-22(27)14-17-8-3-2-4-9-17/h2-13,15H,14,16H2,1H3,(H,25,27)(H,26,28). The van der Waals surface area contributed by atoms with E-state index < -0.39 is 5.97 Å². The maximum atomic E-state index is 12.4. The zero-order valence-electron chi connectivity index (χ0n) is 17.0. The molecule has 158 valence electrons. The van der Waals surface area contributed by atoms with E-state index in [0.717, 1.165) is 10.5 Å². The highest BCUT2D eigenvalue weighted by Gasteiger charge is 2.13. The molecule has 3 aromatic carbocycles. The van der Waals surface area contributed by atoms with E-state index in [-0.39, 0.29) is 17.6 Å². The third-order valence-corrected chi connectivity index (χ3v) is 5.30. The topological polar surface area (TPSA) is 84.5 Å². The molecule has 0 radical (unpaired) electrons. The van der Waals surface area contributed by atoms with Gasteiger partial charge in [0, 0.05) is 10.6 Å². The van der Waals surface area contributed by atoms with Crippen LogP contribution in [0.1, 0.15) is 15.9 Å². The quantitative estimate of drug-likeness (QED) is 0.406. The number of amides is 2. The molecule has 0 aromatic heterocycles. The fraction of sp³-hybridized carbons (Fsp3) is 0.125. The maximum Gasteiger partial charge on any atom is 0.339 e. The van der Waals surface area contributed by atoms with Crippen LogP contribution in [0, 0.1) is 0 Å². The fourth-order valence-electron chi connectivity index (χ4n) is 2.87. The summed E-state index contributed by atoms with van der Waals surface area (Å²) in [5.74, 6) is -0.718. The number of thioether (sulfide) groups is 1. The molecule has 0 aliphatic heterocycles. The highest BCUT2D eigenvalue weighted by molar-refractivity contribution is 8.00. The number of methoxy groups -OCH3 is 1. The second kappa shape index (κ2) is 11.0. The Morgan fingerprint density at radius 1 is 0.839 bits per heavy atom. The minimum atomic E-state index is -0.512. The third kappa shape index (κ3) is 6.72. The molecule has 0 unspecified atom stereocenters. The summed E-state index contributed by atoms with van der Waals surface area (Å²) in [7, 11) is 1.29. The molecule has 0 bridgehead atoms. The van der Waals surface area contributed by atoms with Crippen molar-refractivity contribution in [3.05, 3.63) is 90.0 Å². The zero-order chi connectivity index (χ0) is 22.1. The van der Waals surface area contributed by atoms with Crippen LogP contribution in [0.3, 0.4) is 0 Å². The van der Waals surface area contributed by atoms with Crippen LogP contribution in [0.5, 0.6) is 0 Å². The van der Waals surface area contributed by atoms with E-state index in [1.165, 1.54) is 18.9 Å². The van der Waals surface area contributed by atoms with Gasteiger partial charge in [0.25, 0.3) is 0 Å². The normalized spacial score (nSPS) is 10.2. The number of rotatable bonds is 8. The van der Waals surface area contributed by atoms with E-state index in [0.29, 0.717) is 23.4 Å². The SMILES string of the molecule is COC(=O)c1ccccc1NC(=O)CSc1cccc(NC(=O)Cc2ccccc2)c1. The number of carbonyl (C=O) groups excluding carboxylic acids is 3. The Hall–Kier alpha value is -3.58. The number of hydrogen-bond acceptors (Lipinski definition) is 5. The lowest BCUT2D eigenvalue weighted by Crippen LogP contribution is -2.17. The van der Waals surface area contributed by atoms with Crippen LogP contribution in [0.2, 0.25) is 0 Å². The molecule has 6 nitrogen and oxygen atoms in total. The first-order valence-electron chi connectivity index (χ1n) is 9.59. The first-order chi connectivity index (χ1) is 15.0. The van der Waals surface area contributed by atoms with Crippen molar-refractivity contribution in [3.8, 4) is 0 Å². The van der Waals surface area contributed by atoms with Gasteiger partial charge in [-0.15, -0.1) is 11.8 Å². The molecule has 0 heterocycles. The van der Waals surface area contributed by atoms with Crippen molar-refractivity contribution in [3.63, 3.8) is 0 Å². The number of hydrogen-bond donors (Lipinski definition) is 2. The van der Waals surface area contributed by atoms with Gasteiger partial charge < -0.3 is 15.4 Å². The minimum absolute atomic E-state index is 0.106. The molecular formula is C24H22N2O4S. The van der Waals surface area contributed by atoms with Crippen molar-refractivity contribution < 1.29 is 19.1 Å². The average molecular weight is 435 g/mol. The van der Waals surface area contributed by atoms with Gasteiger partial charge in [-0.3, -0.25) is 9.59 Å². The monoisotopic (exact) mass is 434 g/mol. The van der Waals surface area contributed by atoms with Crippen molar-refractivity contribution in [2.75, 3.05) is 23.5 Å². The lowest BCUT2D eigenvalue weighted by molar-refractivity contribution is -0.115. The number of nitrogens with one attached hydrogen (secondary N) is 2. The molecule has 2 N–H and O–H groups in total. The van der Waals surface area contributed by atoms with Gasteiger partial charge in [0.15, 0.2) is 0 Å². The third-order valence-electron chi connectivity index (χ3n) is 4.30. The van der Waals surface area contributed by atoms with Crippen LogP contribution in [0.15, 0.2) is 83.8 Å². The van der Waals surface area contributed by atoms with Crippen molar-refractivity contribution in [2.45, 2.75) is 11.3 Å². The van der Waals surface area contributed by atoms with E-state index >= 15 is 0 Å². The van der Waals surface area contributed by atoms with Gasteiger partial charge >= 0.3 is 5.97 Å². The van der Waals surface area contributed by atoms with E-state index in [4.69, 9.17) is 4.74 Å². The highest BCUT2D eigenvalue weighted by Crippen LogP contribution is 2.23. The van der Waals surface area contributed by atoms with Crippen molar-refractivity contribution in [1.29, 1.82) is 0 Å². The molecule has 3 rings (SSSR count). The summed E-state index contributed by atoms with van der Waals surface area (Å²) in [6, 6.07) is 23.5. The number of benzene rings is 3. The Morgan fingerprint density at radius 3 is 2.35 bits per heavy atom. The number of esters is 1. The molecule has 2 amide bonds. The average Bonchev–Trinajstić information content (AvgIpc) is 2.78. The molecule has 0 fully saturated rings. The Bertz CT molecular complexity index is 1070. The van der Waals surface area contributed by atoms with Gasteiger partial charge in [0.1, 0.15) is 0 Å². The minimum Gasteiger partial charge on any atom is -0.465 e. The molecule has 0 atom stereocenters. The van der Waals surface area contributed by atoms with E-state index in [1.54, 1.807) is 30.3 Å². The second-order valence-corrected chi connectivity index (χ2v) is 7.66. The summed E-state index contributed by atoms with van der Waals surface area (Å²) >= 11 is 1.33. The van der Waals surface area contributed by atoms with E-state index in [9.17, 15) is 14.4 Å². The second-order valence-electron chi connectivity index (χ2n) is 6.61. The van der Waals surface area contributed by atoms with Crippen molar-refractivity contribution in [2.24, 2.45) is 0 Å². The van der Waals surface area contributed by atoms with Gasteiger partial charge in [-0.1, -0.05) is 48.5 Å². The predicted molar refractivity (Wildman–Crippen MR) is 122 cm³/mol. The van der Waals surface area contributed by atoms with Gasteiger partial charge in [0.2, 0.25) is 11.8 Å². The lowest BCUT2D eigenvalue weighted by atomic mass is 10.1. The van der Waals surface area contributed by atoms with Gasteiger partial charge in [-0.2, -0.15) is 0 Å². The Kier molecular flexibility index (Phi) is 7.84. The summed E-state index contributed by atoms with van der Waals surface area (Å²) in [5.41, 5.74) is 2.31. The largest absolute Gasteiger partial charge is 0.465 e. The Morgan fingerprint density at radius 2 is 1.58 bits per heavy atom. The van der Waals surface area contributed by atoms with Crippen LogP contribution < -0.4 is 10.6 Å². The maximum absolute atomic E-state index is 12.4. The molecule has 31 heavy (non-hydrogen) atoms. The Balaban J connectivity index is 1.55. The lowest BCUT2D eigenvalue weighted by Gasteiger charge is -2.10. The van der Waals surface area contributed by atoms with Gasteiger partial charge in [-0.05, 0) is 35.9 Å². The molecule has 7 heteroatoms. The molecule has 0 spiro atoms. The summed E-state index contributed by atoms with van der Waals surface area (Å²) in [6.45, 7) is 0.